The van der Waals surface area contributed by atoms with E-state index in [4.69, 9.17) is 29.2 Å². The van der Waals surface area contributed by atoms with Crippen LogP contribution in [-0.2, 0) is 16.0 Å². The normalized spacial score (nSPS) is 15.2. The third-order valence-electron chi connectivity index (χ3n) is 6.58. The van der Waals surface area contributed by atoms with Gasteiger partial charge >= 0.3 is 6.09 Å². The number of carbonyl (C=O) groups is 1. The third-order valence-corrected chi connectivity index (χ3v) is 6.58. The number of imidazole rings is 1. The van der Waals surface area contributed by atoms with E-state index in [0.29, 0.717) is 61.5 Å². The molecule has 5 rings (SSSR count). The highest BCUT2D eigenvalue weighted by atomic mass is 16.6. The Morgan fingerprint density at radius 1 is 1.07 bits per heavy atom. The second-order valence-electron chi connectivity index (χ2n) is 10.9. The summed E-state index contributed by atoms with van der Waals surface area (Å²) in [4.78, 5) is 28.8. The number of fused-ring (bicyclic) bond motifs is 1. The predicted octanol–water partition coefficient (Wildman–Crippen LogP) is 5.39. The van der Waals surface area contributed by atoms with E-state index in [9.17, 15) is 4.79 Å². The van der Waals surface area contributed by atoms with Gasteiger partial charge in [-0.25, -0.2) is 9.78 Å². The molecule has 0 unspecified atom stereocenters. The van der Waals surface area contributed by atoms with Crippen LogP contribution in [0.25, 0.3) is 11.2 Å². The van der Waals surface area contributed by atoms with Crippen LogP contribution in [-0.4, -0.2) is 69.5 Å². The molecule has 0 aliphatic carbocycles. The highest BCUT2D eigenvalue weighted by Crippen LogP contribution is 2.30. The first-order valence-corrected chi connectivity index (χ1v) is 13.8. The molecule has 2 aromatic carbocycles. The maximum atomic E-state index is 12.7. The van der Waals surface area contributed by atoms with Crippen LogP contribution < -0.4 is 15.4 Å². The van der Waals surface area contributed by atoms with E-state index in [1.807, 2.05) is 67.8 Å². The molecule has 11 nitrogen and oxygen atoms in total. The molecule has 3 heterocycles. The van der Waals surface area contributed by atoms with Crippen molar-refractivity contribution in [1.82, 2.24) is 24.4 Å². The number of benzene rings is 2. The van der Waals surface area contributed by atoms with Gasteiger partial charge in [0.25, 0.3) is 0 Å². The van der Waals surface area contributed by atoms with Crippen molar-refractivity contribution in [2.45, 2.75) is 45.4 Å². The highest BCUT2D eigenvalue weighted by molar-refractivity contribution is 5.85. The fourth-order valence-corrected chi connectivity index (χ4v) is 4.64. The van der Waals surface area contributed by atoms with Gasteiger partial charge in [-0.05, 0) is 44.9 Å². The molecule has 4 aromatic rings. The maximum absolute atomic E-state index is 12.7. The first-order valence-electron chi connectivity index (χ1n) is 13.8. The summed E-state index contributed by atoms with van der Waals surface area (Å²) in [5.74, 6) is 1.76. The first kappa shape index (κ1) is 28.2. The fourth-order valence-electron chi connectivity index (χ4n) is 4.64. The Kier molecular flexibility index (Phi) is 8.53. The van der Waals surface area contributed by atoms with E-state index in [1.165, 1.54) is 0 Å². The van der Waals surface area contributed by atoms with Crippen molar-refractivity contribution in [2.24, 2.45) is 0 Å². The summed E-state index contributed by atoms with van der Waals surface area (Å²) >= 11 is 0. The Labute approximate surface area is 239 Å². The van der Waals surface area contributed by atoms with Gasteiger partial charge in [0, 0.05) is 38.5 Å². The van der Waals surface area contributed by atoms with E-state index in [1.54, 1.807) is 18.3 Å². The lowest BCUT2D eigenvalue weighted by atomic mass is 10.2. The molecule has 1 fully saturated rings. The van der Waals surface area contributed by atoms with Crippen molar-refractivity contribution in [1.29, 1.82) is 0 Å². The molecule has 1 aliphatic rings. The maximum Gasteiger partial charge on any atom is 0.410 e. The molecule has 216 valence electrons. The minimum Gasteiger partial charge on any atom is -0.491 e. The number of likely N-dealkylation sites (tertiary alicyclic amines) is 1. The second kappa shape index (κ2) is 12.4. The summed E-state index contributed by atoms with van der Waals surface area (Å²) in [5.41, 5.74) is 2.71. The van der Waals surface area contributed by atoms with Gasteiger partial charge in [-0.3, -0.25) is 0 Å². The molecule has 11 heteroatoms. The number of amides is 1. The molecule has 1 atom stereocenters. The fraction of sp³-hybridized carbons (Fsp3) is 0.400. The number of nitrogens with one attached hydrogen (secondary N) is 2. The van der Waals surface area contributed by atoms with Crippen molar-refractivity contribution >= 4 is 34.7 Å². The number of rotatable bonds is 10. The lowest BCUT2D eigenvalue weighted by Gasteiger charge is -2.24. The Hall–Kier alpha value is -4.38. The Morgan fingerprint density at radius 3 is 2.68 bits per heavy atom. The summed E-state index contributed by atoms with van der Waals surface area (Å²) in [6.45, 7) is 8.28. The molecule has 0 spiro atoms. The van der Waals surface area contributed by atoms with E-state index in [-0.39, 0.29) is 12.1 Å². The van der Waals surface area contributed by atoms with Gasteiger partial charge in [0.2, 0.25) is 5.95 Å². The van der Waals surface area contributed by atoms with Crippen LogP contribution >= 0.6 is 0 Å². The minimum absolute atomic E-state index is 0.00903. The van der Waals surface area contributed by atoms with Crippen molar-refractivity contribution in [3.8, 4) is 5.75 Å². The zero-order chi connectivity index (χ0) is 28.8. The van der Waals surface area contributed by atoms with Crippen LogP contribution in [0.4, 0.5) is 22.2 Å². The number of methoxy groups -OCH3 is 1. The lowest BCUT2D eigenvalue weighted by Crippen LogP contribution is -2.35. The Balaban J connectivity index is 1.42. The smallest absolute Gasteiger partial charge is 0.410 e. The zero-order valence-electron chi connectivity index (χ0n) is 24.0. The summed E-state index contributed by atoms with van der Waals surface area (Å²) in [7, 11) is 1.64. The van der Waals surface area contributed by atoms with Gasteiger partial charge in [-0.15, -0.1) is 0 Å². The molecule has 0 saturated carbocycles. The molecule has 1 saturated heterocycles. The molecule has 2 aromatic heterocycles. The molecule has 0 radical (unpaired) electrons. The summed E-state index contributed by atoms with van der Waals surface area (Å²) in [6.07, 6.45) is 2.24. The van der Waals surface area contributed by atoms with E-state index < -0.39 is 5.60 Å². The molecule has 1 aliphatic heterocycles. The van der Waals surface area contributed by atoms with Crippen molar-refractivity contribution in [3.05, 3.63) is 66.5 Å². The second-order valence-corrected chi connectivity index (χ2v) is 10.9. The van der Waals surface area contributed by atoms with Crippen LogP contribution in [0.3, 0.4) is 0 Å². The summed E-state index contributed by atoms with van der Waals surface area (Å²) < 4.78 is 18.5. The SMILES string of the molecule is COCCOc1cccc(Nc2nc(NCc3ccccc3)c3ncn([C@H]4CCN(C(=O)OC(C)(C)C)C4)c3n2)c1. The molecule has 2 N–H and O–H groups in total. The van der Waals surface area contributed by atoms with Gasteiger partial charge in [0.1, 0.15) is 18.0 Å². The molecule has 1 amide bonds. The van der Waals surface area contributed by atoms with Gasteiger partial charge in [0.05, 0.1) is 19.0 Å². The van der Waals surface area contributed by atoms with Crippen molar-refractivity contribution in [3.63, 3.8) is 0 Å². The van der Waals surface area contributed by atoms with Gasteiger partial charge in [-0.2, -0.15) is 9.97 Å². The predicted molar refractivity (Wildman–Crippen MR) is 158 cm³/mol. The largest absolute Gasteiger partial charge is 0.491 e. The van der Waals surface area contributed by atoms with E-state index in [0.717, 1.165) is 17.7 Å². The minimum atomic E-state index is -0.546. The average molecular weight is 560 g/mol. The standard InChI is InChI=1S/C30H37N7O4/c1-30(2,3)41-29(38)36-14-13-23(19-36)37-20-32-25-26(31-18-21-9-6-5-7-10-21)34-28(35-27(25)37)33-22-11-8-12-24(17-22)40-16-15-39-4/h5-12,17,20,23H,13-16,18-19H2,1-4H3,(H2,31,33,34,35)/t23-/m0/s1. The van der Waals surface area contributed by atoms with Crippen molar-refractivity contribution in [2.75, 3.05) is 44.0 Å². The third kappa shape index (κ3) is 7.23. The monoisotopic (exact) mass is 559 g/mol. The summed E-state index contributed by atoms with van der Waals surface area (Å²) in [6, 6.07) is 17.8. The molecule has 0 bridgehead atoms. The van der Waals surface area contributed by atoms with Crippen molar-refractivity contribution < 1.29 is 19.0 Å². The molecular weight excluding hydrogens is 522 g/mol. The van der Waals surface area contributed by atoms with Gasteiger partial charge < -0.3 is 34.3 Å². The summed E-state index contributed by atoms with van der Waals surface area (Å²) in [5, 5.41) is 6.77. The lowest BCUT2D eigenvalue weighted by molar-refractivity contribution is 0.0289. The van der Waals surface area contributed by atoms with Gasteiger partial charge in [-0.1, -0.05) is 36.4 Å². The van der Waals surface area contributed by atoms with Crippen LogP contribution in [0.15, 0.2) is 60.9 Å². The Morgan fingerprint density at radius 2 is 1.90 bits per heavy atom. The topological polar surface area (TPSA) is 116 Å². The van der Waals surface area contributed by atoms with E-state index in [2.05, 4.69) is 22.8 Å². The van der Waals surface area contributed by atoms with Crippen LogP contribution in [0.5, 0.6) is 5.75 Å². The number of carbonyl (C=O) groups excluding carboxylic acids is 1. The molecule has 41 heavy (non-hydrogen) atoms. The van der Waals surface area contributed by atoms with Crippen LogP contribution in [0, 0.1) is 0 Å². The van der Waals surface area contributed by atoms with Gasteiger partial charge in [0.15, 0.2) is 17.0 Å². The van der Waals surface area contributed by atoms with E-state index >= 15 is 0 Å². The first-order chi connectivity index (χ1) is 19.8. The number of hydrogen-bond acceptors (Lipinski definition) is 9. The number of anilines is 3. The number of nitrogens with zero attached hydrogens (tertiary/aromatic N) is 5. The molecular formula is C30H37N7O4. The zero-order valence-corrected chi connectivity index (χ0v) is 24.0. The number of ether oxygens (including phenoxy) is 3. The average Bonchev–Trinajstić information content (AvgIpc) is 3.60. The Bertz CT molecular complexity index is 1470. The number of aromatic nitrogens is 4. The number of hydrogen-bond donors (Lipinski definition) is 2. The van der Waals surface area contributed by atoms with Crippen LogP contribution in [0.1, 0.15) is 38.8 Å². The quantitative estimate of drug-likeness (QED) is 0.247. The van der Waals surface area contributed by atoms with Crippen LogP contribution in [0.2, 0.25) is 0 Å². The highest BCUT2D eigenvalue weighted by Gasteiger charge is 2.32.